The number of nitrogens with one attached hydrogen (secondary N) is 1. The molecule has 2 aromatic carbocycles. The van der Waals surface area contributed by atoms with Crippen molar-refractivity contribution in [1.29, 1.82) is 0 Å². The normalized spacial score (nSPS) is 11.4. The molecule has 0 heterocycles. The average Bonchev–Trinajstić information content (AvgIpc) is 2.65. The summed E-state index contributed by atoms with van der Waals surface area (Å²) in [6.07, 6.45) is 3.40. The van der Waals surface area contributed by atoms with E-state index in [1.54, 1.807) is 30.3 Å². The smallest absolute Gasteiger partial charge is 0.244 e. The van der Waals surface area contributed by atoms with Crippen molar-refractivity contribution >= 4 is 33.6 Å². The summed E-state index contributed by atoms with van der Waals surface area (Å²) in [4.78, 5) is 11.9. The van der Waals surface area contributed by atoms with Crippen molar-refractivity contribution in [3.8, 4) is 11.5 Å². The summed E-state index contributed by atoms with van der Waals surface area (Å²) in [5, 5.41) is 8.46. The van der Waals surface area contributed by atoms with E-state index in [1.165, 1.54) is 32.4 Å². The zero-order chi connectivity index (χ0) is 20.7. The van der Waals surface area contributed by atoms with Gasteiger partial charge in [0.15, 0.2) is 0 Å². The Morgan fingerprint density at radius 2 is 1.82 bits per heavy atom. The van der Waals surface area contributed by atoms with Crippen LogP contribution < -0.4 is 19.9 Å². The van der Waals surface area contributed by atoms with Crippen LogP contribution in [0.25, 0.3) is 6.08 Å². The van der Waals surface area contributed by atoms with Crippen LogP contribution in [0.2, 0.25) is 5.02 Å². The van der Waals surface area contributed by atoms with E-state index in [2.05, 4.69) is 5.32 Å². The highest BCUT2D eigenvalue weighted by Gasteiger charge is 2.15. The standard InChI is InChI=1S/C19H21ClN2O5S/c1-26-16-7-5-15(20)12-14(16)4-8-19(23)22-10-9-13-3-6-17(27-2)18(11-13)28(21,24)25/h3-8,11-12H,9-10H2,1-2H3,(H,22,23)(H2,21,24,25)/b8-4+. The number of carbonyl (C=O) groups excluding carboxylic acids is 1. The molecule has 0 spiro atoms. The maximum absolute atomic E-state index is 12.0. The summed E-state index contributed by atoms with van der Waals surface area (Å²) < 4.78 is 33.5. The number of amides is 1. The van der Waals surface area contributed by atoms with Crippen molar-refractivity contribution < 1.29 is 22.7 Å². The lowest BCUT2D eigenvalue weighted by molar-refractivity contribution is -0.116. The highest BCUT2D eigenvalue weighted by atomic mass is 35.5. The van der Waals surface area contributed by atoms with Crippen molar-refractivity contribution in [3.63, 3.8) is 0 Å². The van der Waals surface area contributed by atoms with Gasteiger partial charge in [-0.15, -0.1) is 0 Å². The number of ether oxygens (including phenoxy) is 2. The summed E-state index contributed by atoms with van der Waals surface area (Å²) in [7, 11) is -1.01. The Balaban J connectivity index is 1.98. The van der Waals surface area contributed by atoms with Gasteiger partial charge in [-0.1, -0.05) is 17.7 Å². The van der Waals surface area contributed by atoms with Crippen LogP contribution in [0, 0.1) is 0 Å². The van der Waals surface area contributed by atoms with E-state index in [0.29, 0.717) is 34.9 Å². The summed E-state index contributed by atoms with van der Waals surface area (Å²) >= 11 is 5.96. The molecule has 0 atom stereocenters. The first-order chi connectivity index (χ1) is 13.2. The second-order valence-corrected chi connectivity index (χ2v) is 7.76. The number of hydrogen-bond donors (Lipinski definition) is 2. The molecule has 0 bridgehead atoms. The van der Waals surface area contributed by atoms with Gasteiger partial charge in [0, 0.05) is 23.2 Å². The van der Waals surface area contributed by atoms with E-state index in [1.807, 2.05) is 0 Å². The van der Waals surface area contributed by atoms with Gasteiger partial charge in [0.25, 0.3) is 0 Å². The van der Waals surface area contributed by atoms with Crippen molar-refractivity contribution in [2.45, 2.75) is 11.3 Å². The monoisotopic (exact) mass is 424 g/mol. The van der Waals surface area contributed by atoms with Gasteiger partial charge in [0.1, 0.15) is 16.4 Å². The highest BCUT2D eigenvalue weighted by Crippen LogP contribution is 2.24. The Labute approximate surface area is 169 Å². The fourth-order valence-corrected chi connectivity index (χ4v) is 3.42. The molecule has 1 amide bonds. The van der Waals surface area contributed by atoms with Crippen LogP contribution in [0.5, 0.6) is 11.5 Å². The first kappa shape index (κ1) is 21.7. The van der Waals surface area contributed by atoms with Gasteiger partial charge >= 0.3 is 0 Å². The van der Waals surface area contributed by atoms with E-state index in [4.69, 9.17) is 26.2 Å². The number of primary sulfonamides is 1. The van der Waals surface area contributed by atoms with Gasteiger partial charge < -0.3 is 14.8 Å². The number of hydrogen-bond acceptors (Lipinski definition) is 5. The number of carbonyl (C=O) groups is 1. The topological polar surface area (TPSA) is 108 Å². The molecule has 0 saturated carbocycles. The van der Waals surface area contributed by atoms with Crippen molar-refractivity contribution in [2.75, 3.05) is 20.8 Å². The molecule has 7 nitrogen and oxygen atoms in total. The molecule has 0 radical (unpaired) electrons. The SMILES string of the molecule is COc1ccc(Cl)cc1/C=C/C(=O)NCCc1ccc(OC)c(S(N)(=O)=O)c1. The minimum atomic E-state index is -3.91. The Bertz CT molecular complexity index is 990. The third-order valence-electron chi connectivity index (χ3n) is 3.85. The van der Waals surface area contributed by atoms with Gasteiger partial charge in [-0.25, -0.2) is 13.6 Å². The van der Waals surface area contributed by atoms with Gasteiger partial charge in [0.2, 0.25) is 15.9 Å². The average molecular weight is 425 g/mol. The molecule has 2 rings (SSSR count). The molecular weight excluding hydrogens is 404 g/mol. The number of benzene rings is 2. The molecule has 0 fully saturated rings. The fourth-order valence-electron chi connectivity index (χ4n) is 2.49. The van der Waals surface area contributed by atoms with Crippen molar-refractivity contribution in [3.05, 3.63) is 58.6 Å². The van der Waals surface area contributed by atoms with Crippen LogP contribution in [0.15, 0.2) is 47.4 Å². The summed E-state index contributed by atoms with van der Waals surface area (Å²) in [5.41, 5.74) is 1.38. The third-order valence-corrected chi connectivity index (χ3v) is 5.02. The molecule has 0 aliphatic rings. The Hall–Kier alpha value is -2.55. The fraction of sp³-hybridized carbons (Fsp3) is 0.211. The molecule has 0 unspecified atom stereocenters. The van der Waals surface area contributed by atoms with Gasteiger partial charge in [-0.05, 0) is 48.4 Å². The largest absolute Gasteiger partial charge is 0.496 e. The molecule has 150 valence electrons. The Kier molecular flexibility index (Phi) is 7.45. The lowest BCUT2D eigenvalue weighted by atomic mass is 10.1. The molecule has 0 aromatic heterocycles. The number of nitrogens with two attached hydrogens (primary N) is 1. The van der Waals surface area contributed by atoms with Crippen LogP contribution in [-0.2, 0) is 21.2 Å². The molecule has 3 N–H and O–H groups in total. The number of sulfonamides is 1. The molecule has 0 saturated heterocycles. The second kappa shape index (κ2) is 9.59. The minimum Gasteiger partial charge on any atom is -0.496 e. The van der Waals surface area contributed by atoms with Gasteiger partial charge in [-0.2, -0.15) is 0 Å². The summed E-state index contributed by atoms with van der Waals surface area (Å²) in [6, 6.07) is 9.78. The Morgan fingerprint density at radius 1 is 1.14 bits per heavy atom. The molecule has 0 aliphatic heterocycles. The molecular formula is C19H21ClN2O5S. The van der Waals surface area contributed by atoms with Gasteiger partial charge in [0.05, 0.1) is 14.2 Å². The van der Waals surface area contributed by atoms with Crippen LogP contribution >= 0.6 is 11.6 Å². The number of halogens is 1. The van der Waals surface area contributed by atoms with E-state index >= 15 is 0 Å². The first-order valence-electron chi connectivity index (χ1n) is 8.23. The van der Waals surface area contributed by atoms with Crippen molar-refractivity contribution in [1.82, 2.24) is 5.32 Å². The lowest BCUT2D eigenvalue weighted by Crippen LogP contribution is -2.23. The maximum atomic E-state index is 12.0. The number of methoxy groups -OCH3 is 2. The zero-order valence-electron chi connectivity index (χ0n) is 15.4. The first-order valence-corrected chi connectivity index (χ1v) is 10.2. The lowest BCUT2D eigenvalue weighted by Gasteiger charge is -2.09. The molecule has 9 heteroatoms. The van der Waals surface area contributed by atoms with E-state index in [0.717, 1.165) is 0 Å². The van der Waals surface area contributed by atoms with E-state index < -0.39 is 10.0 Å². The molecule has 28 heavy (non-hydrogen) atoms. The van der Waals surface area contributed by atoms with Crippen LogP contribution in [-0.4, -0.2) is 35.1 Å². The summed E-state index contributed by atoms with van der Waals surface area (Å²) in [6.45, 7) is 0.312. The van der Waals surface area contributed by atoms with Gasteiger partial charge in [-0.3, -0.25) is 4.79 Å². The van der Waals surface area contributed by atoms with Crippen LogP contribution in [0.3, 0.4) is 0 Å². The minimum absolute atomic E-state index is 0.0910. The van der Waals surface area contributed by atoms with E-state index in [9.17, 15) is 13.2 Å². The molecule has 2 aromatic rings. The van der Waals surface area contributed by atoms with Crippen LogP contribution in [0.1, 0.15) is 11.1 Å². The zero-order valence-corrected chi connectivity index (χ0v) is 17.0. The van der Waals surface area contributed by atoms with E-state index in [-0.39, 0.29) is 16.6 Å². The summed E-state index contributed by atoms with van der Waals surface area (Å²) in [5.74, 6) is 0.470. The Morgan fingerprint density at radius 3 is 2.46 bits per heavy atom. The predicted octanol–water partition coefficient (Wildman–Crippen LogP) is 2.38. The highest BCUT2D eigenvalue weighted by molar-refractivity contribution is 7.89. The molecule has 0 aliphatic carbocycles. The quantitative estimate of drug-likeness (QED) is 0.632. The van der Waals surface area contributed by atoms with Crippen LogP contribution in [0.4, 0.5) is 0 Å². The predicted molar refractivity (Wildman–Crippen MR) is 108 cm³/mol. The third kappa shape index (κ3) is 5.98. The second-order valence-electron chi connectivity index (χ2n) is 5.79. The number of rotatable bonds is 8. The van der Waals surface area contributed by atoms with Crippen molar-refractivity contribution in [2.24, 2.45) is 5.14 Å². The maximum Gasteiger partial charge on any atom is 0.244 e.